The quantitative estimate of drug-likeness (QED) is 0.878. The van der Waals surface area contributed by atoms with Crippen molar-refractivity contribution in [3.8, 4) is 0 Å². The third-order valence-electron chi connectivity index (χ3n) is 3.31. The topological polar surface area (TPSA) is 67.2 Å². The van der Waals surface area contributed by atoms with Crippen LogP contribution in [0.5, 0.6) is 0 Å². The van der Waals surface area contributed by atoms with Gasteiger partial charge in [0.25, 0.3) is 5.91 Å². The van der Waals surface area contributed by atoms with E-state index in [4.69, 9.17) is 23.2 Å². The fourth-order valence-electron chi connectivity index (χ4n) is 2.15. The second-order valence-electron chi connectivity index (χ2n) is 4.81. The Hall–Kier alpha value is -1.56. The predicted octanol–water partition coefficient (Wildman–Crippen LogP) is 2.98. The average Bonchev–Trinajstić information content (AvgIpc) is 2.79. The van der Waals surface area contributed by atoms with E-state index >= 15 is 0 Å². The van der Waals surface area contributed by atoms with Crippen molar-refractivity contribution in [1.82, 2.24) is 15.1 Å². The summed E-state index contributed by atoms with van der Waals surface area (Å²) in [5.41, 5.74) is 1.45. The van der Waals surface area contributed by atoms with Crippen LogP contribution in [0.3, 0.4) is 0 Å². The third kappa shape index (κ3) is 3.43. The first-order valence-corrected chi connectivity index (χ1v) is 7.64. The molecule has 0 saturated carbocycles. The molecule has 0 saturated heterocycles. The molecule has 7 heteroatoms. The molecule has 0 aliphatic carbocycles. The Morgan fingerprint density at radius 1 is 1.41 bits per heavy atom. The minimum Gasteiger partial charge on any atom is -0.387 e. The number of halogens is 2. The second-order valence-corrected chi connectivity index (χ2v) is 5.58. The van der Waals surface area contributed by atoms with E-state index in [1.165, 1.54) is 0 Å². The number of aliphatic hydroxyl groups excluding tert-OH is 1. The number of hydrogen-bond acceptors (Lipinski definition) is 3. The van der Waals surface area contributed by atoms with Crippen LogP contribution in [-0.2, 0) is 6.54 Å². The summed E-state index contributed by atoms with van der Waals surface area (Å²) < 4.78 is 1.55. The minimum atomic E-state index is -0.891. The van der Waals surface area contributed by atoms with Crippen molar-refractivity contribution in [2.75, 3.05) is 6.54 Å². The summed E-state index contributed by atoms with van der Waals surface area (Å²) >= 11 is 12.2. The molecular weight excluding hydrogens is 325 g/mol. The first-order chi connectivity index (χ1) is 10.5. The highest BCUT2D eigenvalue weighted by molar-refractivity contribution is 6.33. The molecule has 118 valence electrons. The lowest BCUT2D eigenvalue weighted by molar-refractivity contribution is 0.0916. The molecule has 0 spiro atoms. The van der Waals surface area contributed by atoms with E-state index < -0.39 is 6.10 Å². The number of hydrogen-bond donors (Lipinski definition) is 2. The normalized spacial score (nSPS) is 12.2. The van der Waals surface area contributed by atoms with Gasteiger partial charge in [0.1, 0.15) is 5.15 Å². The van der Waals surface area contributed by atoms with Gasteiger partial charge in [0.2, 0.25) is 0 Å². The molecule has 1 heterocycles. The molecule has 2 aromatic rings. The number of carbonyl (C=O) groups excluding carboxylic acids is 1. The van der Waals surface area contributed by atoms with Crippen LogP contribution in [0.4, 0.5) is 0 Å². The molecule has 1 aromatic carbocycles. The van der Waals surface area contributed by atoms with E-state index in [0.717, 1.165) is 0 Å². The van der Waals surface area contributed by atoms with Crippen molar-refractivity contribution in [2.24, 2.45) is 0 Å². The summed E-state index contributed by atoms with van der Waals surface area (Å²) in [6.07, 6.45) is -0.891. The largest absolute Gasteiger partial charge is 0.387 e. The fourth-order valence-corrected chi connectivity index (χ4v) is 2.80. The van der Waals surface area contributed by atoms with Crippen molar-refractivity contribution < 1.29 is 9.90 Å². The Kier molecular flexibility index (Phi) is 5.45. The SMILES string of the molecule is CCn1nc(C)c(C(=O)NCC(O)c2ccccc2Cl)c1Cl. The van der Waals surface area contributed by atoms with E-state index in [1.54, 1.807) is 35.9 Å². The first kappa shape index (κ1) is 16.8. The van der Waals surface area contributed by atoms with Crippen LogP contribution >= 0.6 is 23.2 Å². The van der Waals surface area contributed by atoms with Crippen LogP contribution in [0.2, 0.25) is 10.2 Å². The fraction of sp³-hybridized carbons (Fsp3) is 0.333. The number of aliphatic hydroxyl groups is 1. The van der Waals surface area contributed by atoms with Gasteiger partial charge < -0.3 is 10.4 Å². The minimum absolute atomic E-state index is 0.0373. The molecule has 1 atom stereocenters. The van der Waals surface area contributed by atoms with E-state index in [9.17, 15) is 9.90 Å². The number of nitrogens with one attached hydrogen (secondary N) is 1. The van der Waals surface area contributed by atoms with E-state index in [1.807, 2.05) is 6.92 Å². The van der Waals surface area contributed by atoms with Gasteiger partial charge in [-0.1, -0.05) is 41.4 Å². The van der Waals surface area contributed by atoms with Gasteiger partial charge in [-0.25, -0.2) is 0 Å². The molecule has 0 bridgehead atoms. The molecule has 22 heavy (non-hydrogen) atoms. The maximum Gasteiger partial charge on any atom is 0.256 e. The Labute approximate surface area is 138 Å². The molecule has 1 amide bonds. The van der Waals surface area contributed by atoms with E-state index in [-0.39, 0.29) is 12.5 Å². The predicted molar refractivity (Wildman–Crippen MR) is 86.4 cm³/mol. The highest BCUT2D eigenvalue weighted by Gasteiger charge is 2.20. The van der Waals surface area contributed by atoms with Gasteiger partial charge in [0, 0.05) is 23.7 Å². The Morgan fingerprint density at radius 2 is 2.09 bits per heavy atom. The molecule has 2 rings (SSSR count). The lowest BCUT2D eigenvalue weighted by atomic mass is 10.1. The molecule has 5 nitrogen and oxygen atoms in total. The van der Waals surface area contributed by atoms with Crippen molar-refractivity contribution in [3.63, 3.8) is 0 Å². The van der Waals surface area contributed by atoms with Crippen LogP contribution in [0.25, 0.3) is 0 Å². The second kappa shape index (κ2) is 7.13. The van der Waals surface area contributed by atoms with Crippen molar-refractivity contribution in [2.45, 2.75) is 26.5 Å². The van der Waals surface area contributed by atoms with Gasteiger partial charge in [-0.05, 0) is 19.9 Å². The molecule has 1 aromatic heterocycles. The molecule has 0 aliphatic heterocycles. The zero-order valence-corrected chi connectivity index (χ0v) is 13.8. The standard InChI is InChI=1S/C15H17Cl2N3O2/c1-3-20-14(17)13(9(2)19-20)15(22)18-8-12(21)10-6-4-5-7-11(10)16/h4-7,12,21H,3,8H2,1-2H3,(H,18,22). The third-order valence-corrected chi connectivity index (χ3v) is 4.04. The van der Waals surface area contributed by atoms with Crippen molar-refractivity contribution >= 4 is 29.1 Å². The average molecular weight is 342 g/mol. The Morgan fingerprint density at radius 3 is 2.68 bits per heavy atom. The highest BCUT2D eigenvalue weighted by Crippen LogP contribution is 2.23. The summed E-state index contributed by atoms with van der Waals surface area (Å²) in [5, 5.41) is 17.7. The van der Waals surface area contributed by atoms with Crippen molar-refractivity contribution in [1.29, 1.82) is 0 Å². The number of amides is 1. The lowest BCUT2D eigenvalue weighted by Gasteiger charge is -2.13. The Balaban J connectivity index is 2.07. The molecule has 0 radical (unpaired) electrons. The van der Waals surface area contributed by atoms with Crippen LogP contribution in [0, 0.1) is 6.92 Å². The summed E-state index contributed by atoms with van der Waals surface area (Å²) in [6.45, 7) is 4.23. The molecule has 0 fully saturated rings. The molecule has 2 N–H and O–H groups in total. The monoisotopic (exact) mass is 341 g/mol. The van der Waals surface area contributed by atoms with Gasteiger partial charge in [0.15, 0.2) is 0 Å². The maximum absolute atomic E-state index is 12.2. The number of nitrogens with zero attached hydrogens (tertiary/aromatic N) is 2. The first-order valence-electron chi connectivity index (χ1n) is 6.89. The van der Waals surface area contributed by atoms with Crippen LogP contribution in [0.1, 0.15) is 34.6 Å². The summed E-state index contributed by atoms with van der Waals surface area (Å²) in [7, 11) is 0. The van der Waals surface area contributed by atoms with Gasteiger partial charge >= 0.3 is 0 Å². The number of rotatable bonds is 5. The summed E-state index contributed by atoms with van der Waals surface area (Å²) in [4.78, 5) is 12.2. The molecule has 1 unspecified atom stereocenters. The maximum atomic E-state index is 12.2. The van der Waals surface area contributed by atoms with Crippen LogP contribution < -0.4 is 5.32 Å². The van der Waals surface area contributed by atoms with Gasteiger partial charge in [-0.15, -0.1) is 0 Å². The molecule has 0 aliphatic rings. The number of carbonyl (C=O) groups is 1. The van der Waals surface area contributed by atoms with Gasteiger partial charge in [-0.2, -0.15) is 5.10 Å². The Bertz CT molecular complexity index is 685. The van der Waals surface area contributed by atoms with E-state index in [2.05, 4.69) is 10.4 Å². The summed E-state index contributed by atoms with van der Waals surface area (Å²) in [6, 6.07) is 6.96. The zero-order chi connectivity index (χ0) is 16.3. The van der Waals surface area contributed by atoms with Crippen LogP contribution in [0.15, 0.2) is 24.3 Å². The molecular formula is C15H17Cl2N3O2. The van der Waals surface area contributed by atoms with Crippen LogP contribution in [-0.4, -0.2) is 27.3 Å². The summed E-state index contributed by atoms with van der Waals surface area (Å²) in [5.74, 6) is -0.367. The zero-order valence-electron chi connectivity index (χ0n) is 12.3. The van der Waals surface area contributed by atoms with Gasteiger partial charge in [-0.3, -0.25) is 9.48 Å². The van der Waals surface area contributed by atoms with Crippen molar-refractivity contribution in [3.05, 3.63) is 51.3 Å². The number of aryl methyl sites for hydroxylation is 2. The van der Waals surface area contributed by atoms with Gasteiger partial charge in [0.05, 0.1) is 17.4 Å². The highest BCUT2D eigenvalue weighted by atomic mass is 35.5. The smallest absolute Gasteiger partial charge is 0.256 e. The number of benzene rings is 1. The number of aromatic nitrogens is 2. The van der Waals surface area contributed by atoms with E-state index in [0.29, 0.717) is 33.5 Å². The lowest BCUT2D eigenvalue weighted by Crippen LogP contribution is -2.29.